The summed E-state index contributed by atoms with van der Waals surface area (Å²) in [5.74, 6) is 0. The minimum absolute atomic E-state index is 0.281. The molecule has 0 saturated heterocycles. The van der Waals surface area contributed by atoms with Crippen LogP contribution in [0.25, 0.3) is 0 Å². The first-order valence-electron chi connectivity index (χ1n) is 6.17. The normalized spacial score (nSPS) is 12.7. The summed E-state index contributed by atoms with van der Waals surface area (Å²) < 4.78 is 1.21. The third kappa shape index (κ3) is 3.02. The summed E-state index contributed by atoms with van der Waals surface area (Å²) in [5, 5.41) is 3.57. The summed E-state index contributed by atoms with van der Waals surface area (Å²) in [7, 11) is 0. The zero-order valence-corrected chi connectivity index (χ0v) is 13.4. The summed E-state index contributed by atoms with van der Waals surface area (Å²) in [6.45, 7) is 7.38. The number of nitrogens with one attached hydrogen (secondary N) is 1. The minimum Gasteiger partial charge on any atom is -0.306 e. The molecule has 0 spiro atoms. The summed E-state index contributed by atoms with van der Waals surface area (Å²) in [4.78, 5) is 2.70. The number of hydrogen-bond acceptors (Lipinski definition) is 2. The molecule has 1 aromatic heterocycles. The Balaban J connectivity index is 2.39. The van der Waals surface area contributed by atoms with Crippen LogP contribution in [-0.2, 0) is 0 Å². The van der Waals surface area contributed by atoms with Crippen LogP contribution in [0.15, 0.2) is 34.8 Å². The van der Waals surface area contributed by atoms with Gasteiger partial charge in [0.2, 0.25) is 0 Å². The van der Waals surface area contributed by atoms with Crippen LogP contribution < -0.4 is 5.32 Å². The van der Waals surface area contributed by atoms with E-state index in [9.17, 15) is 0 Å². The van der Waals surface area contributed by atoms with Crippen LogP contribution in [0.4, 0.5) is 0 Å². The Bertz CT molecular complexity index is 516. The molecule has 0 fully saturated rings. The smallest absolute Gasteiger partial charge is 0.0682 e. The fourth-order valence-electron chi connectivity index (χ4n) is 2.02. The second-order valence-electron chi connectivity index (χ2n) is 4.47. The highest BCUT2D eigenvalue weighted by Gasteiger charge is 2.18. The number of rotatable bonds is 4. The van der Waals surface area contributed by atoms with Crippen LogP contribution in [0.2, 0.25) is 0 Å². The van der Waals surface area contributed by atoms with Crippen LogP contribution in [0.5, 0.6) is 0 Å². The van der Waals surface area contributed by atoms with Crippen molar-refractivity contribution in [2.24, 2.45) is 0 Å². The van der Waals surface area contributed by atoms with Crippen molar-refractivity contribution >= 4 is 27.3 Å². The molecule has 0 radical (unpaired) electrons. The highest BCUT2D eigenvalue weighted by molar-refractivity contribution is 9.10. The average Bonchev–Trinajstić information content (AvgIpc) is 2.67. The molecule has 2 aromatic rings. The number of hydrogen-bond donors (Lipinski definition) is 1. The Hall–Kier alpha value is -0.640. The Labute approximate surface area is 121 Å². The van der Waals surface area contributed by atoms with E-state index in [1.54, 1.807) is 0 Å². The number of thiophene rings is 1. The predicted molar refractivity (Wildman–Crippen MR) is 83.5 cm³/mol. The van der Waals surface area contributed by atoms with Gasteiger partial charge < -0.3 is 5.32 Å². The van der Waals surface area contributed by atoms with Gasteiger partial charge in [-0.2, -0.15) is 0 Å². The molecule has 1 nitrogen and oxygen atoms in total. The summed E-state index contributed by atoms with van der Waals surface area (Å²) in [5.41, 5.74) is 2.63. The van der Waals surface area contributed by atoms with Gasteiger partial charge in [-0.05, 0) is 48.0 Å². The molecule has 0 saturated carbocycles. The zero-order valence-electron chi connectivity index (χ0n) is 11.0. The van der Waals surface area contributed by atoms with Gasteiger partial charge in [0.15, 0.2) is 0 Å². The third-order valence-electron chi connectivity index (χ3n) is 2.92. The van der Waals surface area contributed by atoms with Crippen molar-refractivity contribution in [3.8, 4) is 0 Å². The fourth-order valence-corrected chi connectivity index (χ4v) is 4.01. The van der Waals surface area contributed by atoms with E-state index >= 15 is 0 Å². The molecule has 1 aromatic carbocycles. The van der Waals surface area contributed by atoms with E-state index in [2.05, 4.69) is 72.3 Å². The first-order chi connectivity index (χ1) is 8.61. The number of halogens is 1. The maximum absolute atomic E-state index is 3.67. The van der Waals surface area contributed by atoms with Gasteiger partial charge >= 0.3 is 0 Å². The largest absolute Gasteiger partial charge is 0.306 e. The molecule has 1 heterocycles. The molecule has 0 aliphatic rings. The lowest BCUT2D eigenvalue weighted by Crippen LogP contribution is -2.21. The molecule has 0 aliphatic carbocycles. The lowest BCUT2D eigenvalue weighted by molar-refractivity contribution is 0.638. The van der Waals surface area contributed by atoms with Crippen molar-refractivity contribution in [2.45, 2.75) is 26.8 Å². The van der Waals surface area contributed by atoms with Gasteiger partial charge in [-0.3, -0.25) is 0 Å². The highest BCUT2D eigenvalue weighted by atomic mass is 79.9. The van der Waals surface area contributed by atoms with Gasteiger partial charge in [0.05, 0.1) is 6.04 Å². The van der Waals surface area contributed by atoms with Gasteiger partial charge in [0.1, 0.15) is 0 Å². The summed E-state index contributed by atoms with van der Waals surface area (Å²) in [6.07, 6.45) is 0. The number of aryl methyl sites for hydroxylation is 2. The van der Waals surface area contributed by atoms with Crippen molar-refractivity contribution in [2.75, 3.05) is 6.54 Å². The Morgan fingerprint density at radius 2 is 1.89 bits per heavy atom. The zero-order chi connectivity index (χ0) is 13.1. The van der Waals surface area contributed by atoms with E-state index in [0.29, 0.717) is 0 Å². The second-order valence-corrected chi connectivity index (χ2v) is 6.61. The van der Waals surface area contributed by atoms with Crippen molar-refractivity contribution < 1.29 is 0 Å². The standard InChI is InChI=1S/C15H18BrNS/c1-4-17-14(12-7-5-10(2)6-8-12)15-13(16)9-11(3)18-15/h5-9,14,17H,4H2,1-3H3. The van der Waals surface area contributed by atoms with Crippen molar-refractivity contribution in [3.05, 3.63) is 55.7 Å². The van der Waals surface area contributed by atoms with Crippen molar-refractivity contribution in [1.82, 2.24) is 5.32 Å². The van der Waals surface area contributed by atoms with Gasteiger partial charge in [-0.15, -0.1) is 11.3 Å². The molecule has 18 heavy (non-hydrogen) atoms. The molecular formula is C15H18BrNS. The average molecular weight is 324 g/mol. The number of benzene rings is 1. The molecule has 0 aliphatic heterocycles. The molecule has 0 amide bonds. The molecule has 0 bridgehead atoms. The molecule has 96 valence electrons. The van der Waals surface area contributed by atoms with Crippen LogP contribution in [0, 0.1) is 13.8 Å². The Kier molecular flexibility index (Phi) is 4.60. The highest BCUT2D eigenvalue weighted by Crippen LogP contribution is 2.35. The first kappa shape index (κ1) is 13.8. The lowest BCUT2D eigenvalue weighted by Gasteiger charge is -2.18. The molecule has 1 N–H and O–H groups in total. The van der Waals surface area contributed by atoms with E-state index in [1.165, 1.54) is 25.4 Å². The molecule has 2 rings (SSSR count). The van der Waals surface area contributed by atoms with Gasteiger partial charge in [-0.25, -0.2) is 0 Å². The van der Waals surface area contributed by atoms with Crippen LogP contribution in [-0.4, -0.2) is 6.54 Å². The van der Waals surface area contributed by atoms with E-state index in [4.69, 9.17) is 0 Å². The monoisotopic (exact) mass is 323 g/mol. The quantitative estimate of drug-likeness (QED) is 0.850. The topological polar surface area (TPSA) is 12.0 Å². The SMILES string of the molecule is CCNC(c1ccc(C)cc1)c1sc(C)cc1Br. The Morgan fingerprint density at radius 1 is 1.22 bits per heavy atom. The molecular weight excluding hydrogens is 306 g/mol. The maximum atomic E-state index is 3.67. The van der Waals surface area contributed by atoms with Crippen molar-refractivity contribution in [3.63, 3.8) is 0 Å². The summed E-state index contributed by atoms with van der Waals surface area (Å²) >= 11 is 5.52. The third-order valence-corrected chi connectivity index (χ3v) is 4.95. The minimum atomic E-state index is 0.281. The van der Waals surface area contributed by atoms with Gasteiger partial charge in [0.25, 0.3) is 0 Å². The molecule has 1 unspecified atom stereocenters. The van der Waals surface area contributed by atoms with E-state index in [0.717, 1.165) is 6.54 Å². The second kappa shape index (κ2) is 6.00. The van der Waals surface area contributed by atoms with Crippen LogP contribution >= 0.6 is 27.3 Å². The fraction of sp³-hybridized carbons (Fsp3) is 0.333. The first-order valence-corrected chi connectivity index (χ1v) is 7.78. The van der Waals surface area contributed by atoms with Gasteiger partial charge in [0, 0.05) is 14.2 Å². The molecule has 1 atom stereocenters. The summed E-state index contributed by atoms with van der Waals surface area (Å²) in [6, 6.07) is 11.2. The van der Waals surface area contributed by atoms with E-state index in [-0.39, 0.29) is 6.04 Å². The van der Waals surface area contributed by atoms with E-state index in [1.807, 2.05) is 11.3 Å². The lowest BCUT2D eigenvalue weighted by atomic mass is 10.0. The maximum Gasteiger partial charge on any atom is 0.0682 e. The van der Waals surface area contributed by atoms with Crippen LogP contribution in [0.3, 0.4) is 0 Å². The Morgan fingerprint density at radius 3 is 2.39 bits per heavy atom. The molecule has 3 heteroatoms. The van der Waals surface area contributed by atoms with Gasteiger partial charge in [-0.1, -0.05) is 36.8 Å². The predicted octanol–water partition coefficient (Wildman–Crippen LogP) is 4.83. The van der Waals surface area contributed by atoms with Crippen molar-refractivity contribution in [1.29, 1.82) is 0 Å². The van der Waals surface area contributed by atoms with E-state index < -0.39 is 0 Å². The van der Waals surface area contributed by atoms with Crippen LogP contribution in [0.1, 0.15) is 33.8 Å².